The zero-order chi connectivity index (χ0) is 16.8. The summed E-state index contributed by atoms with van der Waals surface area (Å²) < 4.78 is 47.1. The van der Waals surface area contributed by atoms with Crippen LogP contribution in [0.4, 0.5) is 0 Å². The van der Waals surface area contributed by atoms with Crippen LogP contribution in [0, 0.1) is 0 Å². The average Bonchev–Trinajstić information content (AvgIpc) is 2.75. The Balaban J connectivity index is 0.00000484. The number of halogens is 1. The third kappa shape index (κ3) is 8.49. The van der Waals surface area contributed by atoms with Crippen molar-refractivity contribution in [2.24, 2.45) is 4.99 Å². The highest BCUT2D eigenvalue weighted by molar-refractivity contribution is 14.0. The van der Waals surface area contributed by atoms with Crippen LogP contribution in [0.25, 0.3) is 0 Å². The lowest BCUT2D eigenvalue weighted by Gasteiger charge is -2.19. The topological polar surface area (TPSA) is 108 Å². The second-order valence-corrected chi connectivity index (χ2v) is 9.56. The van der Waals surface area contributed by atoms with Gasteiger partial charge in [0, 0.05) is 32.7 Å². The summed E-state index contributed by atoms with van der Waals surface area (Å²) in [6.45, 7) is 3.25. The molecule has 1 heterocycles. The molecule has 1 fully saturated rings. The normalized spacial score (nSPS) is 21.0. The maximum Gasteiger partial charge on any atom is 0.211 e. The Labute approximate surface area is 156 Å². The molecule has 1 saturated heterocycles. The van der Waals surface area contributed by atoms with Crippen molar-refractivity contribution in [3.8, 4) is 0 Å². The summed E-state index contributed by atoms with van der Waals surface area (Å²) in [5.41, 5.74) is 0. The number of sulfone groups is 1. The lowest BCUT2D eigenvalue weighted by Crippen LogP contribution is -2.44. The molecule has 11 heteroatoms. The molecule has 23 heavy (non-hydrogen) atoms. The monoisotopic (exact) mass is 482 g/mol. The van der Waals surface area contributed by atoms with Crippen molar-refractivity contribution >= 4 is 49.8 Å². The molecule has 1 rings (SSSR count). The molecule has 1 atom stereocenters. The fraction of sp³-hybridized carbons (Fsp3) is 0.917. The van der Waals surface area contributed by atoms with Crippen LogP contribution < -0.4 is 10.6 Å². The second kappa shape index (κ2) is 9.99. The van der Waals surface area contributed by atoms with Crippen LogP contribution >= 0.6 is 24.0 Å². The lowest BCUT2D eigenvalue weighted by molar-refractivity contribution is 0.424. The third-order valence-electron chi connectivity index (χ3n) is 3.50. The number of sulfonamides is 1. The first-order valence-corrected chi connectivity index (χ1v) is 11.0. The van der Waals surface area contributed by atoms with Gasteiger partial charge in [0.15, 0.2) is 15.8 Å². The molecule has 0 radical (unpaired) electrons. The summed E-state index contributed by atoms with van der Waals surface area (Å²) in [7, 11) is -4.47. The molecule has 138 valence electrons. The minimum atomic E-state index is -3.16. The molecule has 0 amide bonds. The average molecular weight is 482 g/mol. The summed E-state index contributed by atoms with van der Waals surface area (Å²) in [5, 5.41) is 6.16. The van der Waals surface area contributed by atoms with Gasteiger partial charge in [-0.1, -0.05) is 6.92 Å². The van der Waals surface area contributed by atoms with Gasteiger partial charge in [0.05, 0.1) is 17.8 Å². The maximum atomic E-state index is 11.5. The van der Waals surface area contributed by atoms with Gasteiger partial charge in [0.25, 0.3) is 0 Å². The molecule has 2 N–H and O–H groups in total. The zero-order valence-electron chi connectivity index (χ0n) is 13.8. The fourth-order valence-electron chi connectivity index (χ4n) is 2.32. The first-order valence-electron chi connectivity index (χ1n) is 7.30. The van der Waals surface area contributed by atoms with Crippen molar-refractivity contribution in [3.05, 3.63) is 0 Å². The lowest BCUT2D eigenvalue weighted by atomic mass is 10.3. The molecule has 0 aromatic carbocycles. The van der Waals surface area contributed by atoms with Gasteiger partial charge in [-0.3, -0.25) is 4.99 Å². The van der Waals surface area contributed by atoms with E-state index in [4.69, 9.17) is 0 Å². The zero-order valence-corrected chi connectivity index (χ0v) is 17.7. The molecule has 8 nitrogen and oxygen atoms in total. The standard InChI is InChI=1S/C12H26N4O4S2.HI/c1-4-16(21(3,17)18)8-5-7-14-12(13-2)15-11-6-9-22(19,20)10-11;/h11H,4-10H2,1-3H3,(H2,13,14,15);1H. The highest BCUT2D eigenvalue weighted by Crippen LogP contribution is 2.10. The van der Waals surface area contributed by atoms with E-state index < -0.39 is 19.9 Å². The van der Waals surface area contributed by atoms with Crippen molar-refractivity contribution in [3.63, 3.8) is 0 Å². The summed E-state index contributed by atoms with van der Waals surface area (Å²) in [4.78, 5) is 4.05. The van der Waals surface area contributed by atoms with E-state index in [0.29, 0.717) is 38.4 Å². The predicted molar refractivity (Wildman–Crippen MR) is 104 cm³/mol. The van der Waals surface area contributed by atoms with Gasteiger partial charge in [-0.05, 0) is 12.8 Å². The summed E-state index contributed by atoms with van der Waals surface area (Å²) in [5.74, 6) is 0.886. The maximum absolute atomic E-state index is 11.5. The Bertz CT molecular complexity index is 592. The molecule has 1 aliphatic heterocycles. The second-order valence-electron chi connectivity index (χ2n) is 5.35. The van der Waals surface area contributed by atoms with Gasteiger partial charge < -0.3 is 10.6 Å². The highest BCUT2D eigenvalue weighted by atomic mass is 127. The molecule has 0 spiro atoms. The fourth-order valence-corrected chi connectivity index (χ4v) is 4.92. The van der Waals surface area contributed by atoms with Crippen molar-refractivity contribution in [1.82, 2.24) is 14.9 Å². The van der Waals surface area contributed by atoms with Crippen LogP contribution in [0.5, 0.6) is 0 Å². The molecule has 0 aromatic rings. The van der Waals surface area contributed by atoms with Crippen molar-refractivity contribution < 1.29 is 16.8 Å². The Kier molecular flexibility index (Phi) is 9.93. The van der Waals surface area contributed by atoms with Gasteiger partial charge in [-0.2, -0.15) is 0 Å². The minimum absolute atomic E-state index is 0. The van der Waals surface area contributed by atoms with Crippen LogP contribution in [-0.4, -0.2) is 77.6 Å². The SMILES string of the molecule is CCN(CCCNC(=NC)NC1CCS(=O)(=O)C1)S(C)(=O)=O.I. The third-order valence-corrected chi connectivity index (χ3v) is 6.64. The number of aliphatic imine (C=N–C) groups is 1. The summed E-state index contributed by atoms with van der Waals surface area (Å²) >= 11 is 0. The van der Waals surface area contributed by atoms with Crippen LogP contribution in [-0.2, 0) is 19.9 Å². The summed E-state index contributed by atoms with van der Waals surface area (Å²) in [6.07, 6.45) is 2.43. The number of hydrogen-bond donors (Lipinski definition) is 2. The Morgan fingerprint density at radius 1 is 1.39 bits per heavy atom. The molecular weight excluding hydrogens is 455 g/mol. The molecule has 1 aliphatic rings. The van der Waals surface area contributed by atoms with Crippen LogP contribution in [0.2, 0.25) is 0 Å². The minimum Gasteiger partial charge on any atom is -0.356 e. The number of hydrogen-bond acceptors (Lipinski definition) is 5. The molecule has 1 unspecified atom stereocenters. The number of nitrogens with one attached hydrogen (secondary N) is 2. The van der Waals surface area contributed by atoms with Gasteiger partial charge >= 0.3 is 0 Å². The van der Waals surface area contributed by atoms with E-state index in [1.54, 1.807) is 14.0 Å². The Hall–Kier alpha value is -0.140. The van der Waals surface area contributed by atoms with Gasteiger partial charge in [-0.25, -0.2) is 21.1 Å². The highest BCUT2D eigenvalue weighted by Gasteiger charge is 2.28. The van der Waals surface area contributed by atoms with E-state index in [9.17, 15) is 16.8 Å². The molecule has 0 aliphatic carbocycles. The van der Waals surface area contributed by atoms with E-state index in [1.165, 1.54) is 10.6 Å². The quantitative estimate of drug-likeness (QED) is 0.222. The first kappa shape index (κ1) is 22.9. The Morgan fingerprint density at radius 2 is 2.04 bits per heavy atom. The van der Waals surface area contributed by atoms with Crippen molar-refractivity contribution in [1.29, 1.82) is 0 Å². The number of rotatable bonds is 7. The predicted octanol–water partition coefficient (Wildman–Crippen LogP) is -0.372. The van der Waals surface area contributed by atoms with Crippen molar-refractivity contribution in [2.75, 3.05) is 44.4 Å². The van der Waals surface area contributed by atoms with E-state index in [0.717, 1.165) is 0 Å². The van der Waals surface area contributed by atoms with Crippen molar-refractivity contribution in [2.45, 2.75) is 25.8 Å². The molecular formula is C12H27IN4O4S2. The van der Waals surface area contributed by atoms with Gasteiger partial charge in [0.1, 0.15) is 0 Å². The smallest absolute Gasteiger partial charge is 0.211 e. The molecule has 0 bridgehead atoms. The van der Waals surface area contributed by atoms with Gasteiger partial charge in [0.2, 0.25) is 10.0 Å². The number of nitrogens with zero attached hydrogens (tertiary/aromatic N) is 2. The first-order chi connectivity index (χ1) is 10.2. The Morgan fingerprint density at radius 3 is 2.48 bits per heavy atom. The van der Waals surface area contributed by atoms with Crippen LogP contribution in [0.3, 0.4) is 0 Å². The largest absolute Gasteiger partial charge is 0.356 e. The van der Waals surface area contributed by atoms with Gasteiger partial charge in [-0.15, -0.1) is 24.0 Å². The van der Waals surface area contributed by atoms with E-state index >= 15 is 0 Å². The van der Waals surface area contributed by atoms with Crippen LogP contribution in [0.1, 0.15) is 19.8 Å². The van der Waals surface area contributed by atoms with E-state index in [2.05, 4.69) is 15.6 Å². The molecule has 0 aromatic heterocycles. The van der Waals surface area contributed by atoms with Crippen LogP contribution in [0.15, 0.2) is 4.99 Å². The molecule has 0 saturated carbocycles. The summed E-state index contributed by atoms with van der Waals surface area (Å²) in [6, 6.07) is -0.112. The van der Waals surface area contributed by atoms with E-state index in [1.807, 2.05) is 0 Å². The van der Waals surface area contributed by atoms with E-state index in [-0.39, 0.29) is 41.5 Å². The number of guanidine groups is 1.